The monoisotopic (exact) mass is 748 g/mol. The fourth-order valence-corrected chi connectivity index (χ4v) is 8.14. The van der Waals surface area contributed by atoms with Crippen LogP contribution in [0.4, 0.5) is 5.69 Å². The van der Waals surface area contributed by atoms with Crippen molar-refractivity contribution in [2.45, 2.75) is 0 Å². The molecule has 6 heteroatoms. The van der Waals surface area contributed by atoms with E-state index in [1.807, 2.05) is 150 Å². The standard InChI is InChI=1S/C52H32N2O4/c55-49(35-18-9-3-10-19-35)38-25-28-45-42(31-38)43-32-39(50(56)36-20-11-4-12-21-36)26-29-46(43)53(45)47-23-13-22-40-48(47)52(58)54(51(40)57)44-27-24-37(33-14-5-1-6-15-33)30-41(44)34-16-7-2-8-17-34/h1-32H. The van der Waals surface area contributed by atoms with Gasteiger partial charge in [0, 0.05) is 38.6 Å². The minimum Gasteiger partial charge on any atom is -0.308 e. The van der Waals surface area contributed by atoms with Crippen molar-refractivity contribution in [1.82, 2.24) is 4.57 Å². The van der Waals surface area contributed by atoms with Gasteiger partial charge in [-0.1, -0.05) is 133 Å². The van der Waals surface area contributed by atoms with Gasteiger partial charge in [0.05, 0.1) is 33.5 Å². The molecule has 0 atom stereocenters. The van der Waals surface area contributed by atoms with Crippen LogP contribution in [0.15, 0.2) is 194 Å². The van der Waals surface area contributed by atoms with Gasteiger partial charge in [0.1, 0.15) is 0 Å². The molecule has 274 valence electrons. The van der Waals surface area contributed by atoms with Crippen molar-refractivity contribution in [3.8, 4) is 27.9 Å². The SMILES string of the molecule is O=C(c1ccccc1)c1ccc2c(c1)c1cc(C(=O)c3ccccc3)ccc1n2-c1cccc2c1C(=O)N(c1ccc(-c3ccccc3)cc1-c1ccccc1)C2=O. The number of benzene rings is 8. The van der Waals surface area contributed by atoms with Crippen LogP contribution in [-0.2, 0) is 0 Å². The normalized spacial score (nSPS) is 12.3. The Morgan fingerprint density at radius 2 is 0.879 bits per heavy atom. The van der Waals surface area contributed by atoms with Gasteiger partial charge < -0.3 is 4.57 Å². The highest BCUT2D eigenvalue weighted by Crippen LogP contribution is 2.42. The van der Waals surface area contributed by atoms with Crippen molar-refractivity contribution < 1.29 is 19.2 Å². The fraction of sp³-hybridized carbons (Fsp3) is 0. The quantitative estimate of drug-likeness (QED) is 0.115. The lowest BCUT2D eigenvalue weighted by molar-refractivity contribution is 0.0924. The van der Waals surface area contributed by atoms with E-state index in [1.165, 1.54) is 4.90 Å². The molecule has 0 fully saturated rings. The van der Waals surface area contributed by atoms with E-state index in [0.717, 1.165) is 33.0 Å². The van der Waals surface area contributed by atoms with Crippen LogP contribution in [0.1, 0.15) is 52.6 Å². The molecule has 0 radical (unpaired) electrons. The van der Waals surface area contributed by atoms with Gasteiger partial charge in [-0.15, -0.1) is 0 Å². The first kappa shape index (κ1) is 34.5. The number of hydrogen-bond acceptors (Lipinski definition) is 4. The molecule has 0 N–H and O–H groups in total. The smallest absolute Gasteiger partial charge is 0.268 e. The van der Waals surface area contributed by atoms with Gasteiger partial charge >= 0.3 is 0 Å². The van der Waals surface area contributed by atoms with Crippen molar-refractivity contribution in [3.63, 3.8) is 0 Å². The van der Waals surface area contributed by atoms with E-state index in [1.54, 1.807) is 48.5 Å². The first-order chi connectivity index (χ1) is 28.5. The second-order valence-electron chi connectivity index (χ2n) is 14.3. The molecule has 0 saturated heterocycles. The number of carbonyl (C=O) groups excluding carboxylic acids is 4. The molecule has 0 spiro atoms. The number of carbonyl (C=O) groups is 4. The van der Waals surface area contributed by atoms with E-state index in [4.69, 9.17) is 0 Å². The van der Waals surface area contributed by atoms with Gasteiger partial charge in [-0.25, -0.2) is 4.90 Å². The molecule has 10 rings (SSSR count). The molecule has 6 nitrogen and oxygen atoms in total. The molecular formula is C52H32N2O4. The Bertz CT molecular complexity index is 3010. The van der Waals surface area contributed by atoms with Crippen LogP contribution in [0.5, 0.6) is 0 Å². The van der Waals surface area contributed by atoms with Crippen molar-refractivity contribution in [2.75, 3.05) is 4.90 Å². The molecule has 58 heavy (non-hydrogen) atoms. The van der Waals surface area contributed by atoms with Crippen LogP contribution >= 0.6 is 0 Å². The zero-order valence-corrected chi connectivity index (χ0v) is 31.0. The maximum absolute atomic E-state index is 14.9. The Balaban J connectivity index is 1.15. The zero-order valence-electron chi connectivity index (χ0n) is 31.0. The highest BCUT2D eigenvalue weighted by molar-refractivity contribution is 6.36. The van der Waals surface area contributed by atoms with Gasteiger partial charge in [0.25, 0.3) is 11.8 Å². The Hall–Kier alpha value is -7.96. The van der Waals surface area contributed by atoms with E-state index < -0.39 is 11.8 Å². The number of rotatable bonds is 8. The van der Waals surface area contributed by atoms with Crippen molar-refractivity contribution in [2.24, 2.45) is 0 Å². The summed E-state index contributed by atoms with van der Waals surface area (Å²) in [7, 11) is 0. The number of nitrogens with zero attached hydrogens (tertiary/aromatic N) is 2. The van der Waals surface area contributed by atoms with Gasteiger partial charge in [-0.3, -0.25) is 19.2 Å². The minimum atomic E-state index is -0.443. The lowest BCUT2D eigenvalue weighted by atomic mass is 9.97. The predicted octanol–water partition coefficient (Wildman–Crippen LogP) is 11.4. The molecule has 0 saturated carbocycles. The Labute approximate surface area is 333 Å². The average molecular weight is 749 g/mol. The van der Waals surface area contributed by atoms with Crippen LogP contribution in [-0.4, -0.2) is 27.9 Å². The summed E-state index contributed by atoms with van der Waals surface area (Å²) < 4.78 is 1.96. The number of hydrogen-bond donors (Lipinski definition) is 0. The minimum absolute atomic E-state index is 0.135. The topological polar surface area (TPSA) is 76.5 Å². The molecule has 0 bridgehead atoms. The third-order valence-corrected chi connectivity index (χ3v) is 10.9. The summed E-state index contributed by atoms with van der Waals surface area (Å²) in [5.41, 5.74) is 8.68. The Kier molecular flexibility index (Phi) is 8.31. The second kappa shape index (κ2) is 14.0. The number of imide groups is 1. The first-order valence-corrected chi connectivity index (χ1v) is 19.0. The maximum atomic E-state index is 14.9. The summed E-state index contributed by atoms with van der Waals surface area (Å²) in [6, 6.07) is 60.1. The van der Waals surface area contributed by atoms with E-state index in [-0.39, 0.29) is 22.7 Å². The van der Waals surface area contributed by atoms with E-state index in [2.05, 4.69) is 0 Å². The molecule has 9 aromatic rings. The summed E-state index contributed by atoms with van der Waals surface area (Å²) in [6.45, 7) is 0. The molecule has 2 amide bonds. The van der Waals surface area contributed by atoms with Gasteiger partial charge in [0.15, 0.2) is 11.6 Å². The zero-order chi connectivity index (χ0) is 39.3. The van der Waals surface area contributed by atoms with E-state index >= 15 is 0 Å². The Morgan fingerprint density at radius 3 is 1.43 bits per heavy atom. The molecule has 8 aromatic carbocycles. The molecule has 1 aliphatic heterocycles. The third-order valence-electron chi connectivity index (χ3n) is 10.9. The maximum Gasteiger partial charge on any atom is 0.268 e. The van der Waals surface area contributed by atoms with Crippen molar-refractivity contribution in [1.29, 1.82) is 0 Å². The fourth-order valence-electron chi connectivity index (χ4n) is 8.14. The number of amides is 2. The Morgan fingerprint density at radius 1 is 0.362 bits per heavy atom. The molecular weight excluding hydrogens is 717 g/mol. The number of ketones is 2. The predicted molar refractivity (Wildman–Crippen MR) is 229 cm³/mol. The van der Waals surface area contributed by atoms with E-state index in [9.17, 15) is 19.2 Å². The second-order valence-corrected chi connectivity index (χ2v) is 14.3. The molecule has 1 aromatic heterocycles. The third kappa shape index (κ3) is 5.66. The number of fused-ring (bicyclic) bond motifs is 4. The first-order valence-electron chi connectivity index (χ1n) is 19.0. The van der Waals surface area contributed by atoms with E-state index in [0.29, 0.717) is 44.7 Å². The van der Waals surface area contributed by atoms with Crippen LogP contribution < -0.4 is 4.90 Å². The molecule has 2 heterocycles. The molecule has 0 unspecified atom stereocenters. The highest BCUT2D eigenvalue weighted by atomic mass is 16.2. The highest BCUT2D eigenvalue weighted by Gasteiger charge is 2.40. The van der Waals surface area contributed by atoms with Crippen LogP contribution in [0.3, 0.4) is 0 Å². The summed E-state index contributed by atoms with van der Waals surface area (Å²) in [5, 5.41) is 1.46. The van der Waals surface area contributed by atoms with Gasteiger partial charge in [-0.05, 0) is 77.4 Å². The molecule has 0 aliphatic carbocycles. The summed E-state index contributed by atoms with van der Waals surface area (Å²) in [5.74, 6) is -1.13. The van der Waals surface area contributed by atoms with Crippen molar-refractivity contribution in [3.05, 3.63) is 228 Å². The van der Waals surface area contributed by atoms with Crippen LogP contribution in [0.2, 0.25) is 0 Å². The summed E-state index contributed by atoms with van der Waals surface area (Å²) >= 11 is 0. The van der Waals surface area contributed by atoms with Crippen LogP contribution in [0, 0.1) is 0 Å². The largest absolute Gasteiger partial charge is 0.308 e. The number of anilines is 1. The summed E-state index contributed by atoms with van der Waals surface area (Å²) in [4.78, 5) is 58.2. The lowest BCUT2D eigenvalue weighted by Crippen LogP contribution is -2.30. The average Bonchev–Trinajstić information content (AvgIpc) is 3.75. The lowest BCUT2D eigenvalue weighted by Gasteiger charge is -2.20. The molecule has 1 aliphatic rings. The number of aromatic nitrogens is 1. The summed E-state index contributed by atoms with van der Waals surface area (Å²) in [6.07, 6.45) is 0. The van der Waals surface area contributed by atoms with Crippen LogP contribution in [0.25, 0.3) is 49.7 Å². The van der Waals surface area contributed by atoms with Crippen molar-refractivity contribution >= 4 is 50.9 Å². The van der Waals surface area contributed by atoms with Gasteiger partial charge in [0.2, 0.25) is 0 Å². The van der Waals surface area contributed by atoms with Gasteiger partial charge in [-0.2, -0.15) is 0 Å².